The van der Waals surface area contributed by atoms with Crippen molar-refractivity contribution in [2.45, 2.75) is 32.6 Å². The molecule has 5 nitrogen and oxygen atoms in total. The smallest absolute Gasteiger partial charge is 0.257 e. The second-order valence-corrected chi connectivity index (χ2v) is 6.77. The van der Waals surface area contributed by atoms with E-state index in [1.165, 1.54) is 11.3 Å². The van der Waals surface area contributed by atoms with Crippen LogP contribution in [-0.2, 0) is 11.3 Å². The summed E-state index contributed by atoms with van der Waals surface area (Å²) in [6, 6.07) is 9.18. The molecule has 0 aliphatic carbocycles. The summed E-state index contributed by atoms with van der Waals surface area (Å²) in [6.45, 7) is 6.79. The van der Waals surface area contributed by atoms with Crippen LogP contribution in [0.5, 0.6) is 0 Å². The first-order chi connectivity index (χ1) is 11.1. The van der Waals surface area contributed by atoms with Crippen molar-refractivity contribution in [3.05, 3.63) is 47.0 Å². The van der Waals surface area contributed by atoms with Crippen LogP contribution < -0.4 is 5.32 Å². The number of morpholine rings is 1. The van der Waals surface area contributed by atoms with Crippen LogP contribution in [0.15, 0.2) is 35.7 Å². The van der Waals surface area contributed by atoms with Crippen LogP contribution in [-0.4, -0.2) is 41.1 Å². The lowest BCUT2D eigenvalue weighted by atomic mass is 10.2. The highest BCUT2D eigenvalue weighted by Crippen LogP contribution is 2.19. The fourth-order valence-electron chi connectivity index (χ4n) is 2.84. The van der Waals surface area contributed by atoms with E-state index in [0.717, 1.165) is 25.3 Å². The van der Waals surface area contributed by atoms with E-state index in [9.17, 15) is 4.79 Å². The maximum Gasteiger partial charge on any atom is 0.257 e. The molecule has 1 fully saturated rings. The van der Waals surface area contributed by atoms with E-state index in [2.05, 4.69) is 29.0 Å². The van der Waals surface area contributed by atoms with E-state index in [4.69, 9.17) is 4.74 Å². The number of nitrogens with zero attached hydrogens (tertiary/aromatic N) is 2. The van der Waals surface area contributed by atoms with Crippen molar-refractivity contribution in [1.29, 1.82) is 0 Å². The van der Waals surface area contributed by atoms with Crippen LogP contribution in [0.25, 0.3) is 0 Å². The topological polar surface area (TPSA) is 54.5 Å². The fourth-order valence-corrected chi connectivity index (χ4v) is 3.53. The van der Waals surface area contributed by atoms with E-state index < -0.39 is 0 Å². The maximum atomic E-state index is 12.1. The fraction of sp³-hybridized carbons (Fsp3) is 0.412. The molecule has 6 heteroatoms. The van der Waals surface area contributed by atoms with E-state index in [1.807, 2.05) is 23.6 Å². The molecule has 1 amide bonds. The Labute approximate surface area is 140 Å². The molecule has 0 spiro atoms. The van der Waals surface area contributed by atoms with Crippen LogP contribution in [0.1, 0.15) is 29.9 Å². The summed E-state index contributed by atoms with van der Waals surface area (Å²) in [5.74, 6) is -0.125. The molecule has 2 aromatic rings. The van der Waals surface area contributed by atoms with Crippen LogP contribution in [0.2, 0.25) is 0 Å². The van der Waals surface area contributed by atoms with Gasteiger partial charge < -0.3 is 4.74 Å². The molecule has 0 saturated carbocycles. The third-order valence-electron chi connectivity index (χ3n) is 3.69. The average molecular weight is 331 g/mol. The predicted octanol–water partition coefficient (Wildman–Crippen LogP) is 3.00. The summed E-state index contributed by atoms with van der Waals surface area (Å²) in [4.78, 5) is 19.0. The SMILES string of the molecule is C[C@@H]1CN(Cc2csc(NC(=O)c3ccccc3)n2)C[C@@H](C)O1. The predicted molar refractivity (Wildman–Crippen MR) is 91.8 cm³/mol. The summed E-state index contributed by atoms with van der Waals surface area (Å²) in [7, 11) is 0. The number of hydrogen-bond donors (Lipinski definition) is 1. The molecule has 0 bridgehead atoms. The Kier molecular flexibility index (Phi) is 5.05. The standard InChI is InChI=1S/C17H21N3O2S/c1-12-8-20(9-13(2)22-12)10-15-11-23-17(18-15)19-16(21)14-6-4-3-5-7-14/h3-7,11-13H,8-10H2,1-2H3,(H,18,19,21)/t12-,13-/m1/s1. The molecule has 2 atom stereocenters. The third kappa shape index (κ3) is 4.37. The molecule has 3 rings (SSSR count). The first kappa shape index (κ1) is 16.1. The quantitative estimate of drug-likeness (QED) is 0.936. The Morgan fingerprint density at radius 3 is 2.70 bits per heavy atom. The lowest BCUT2D eigenvalue weighted by Gasteiger charge is -2.34. The molecule has 122 valence electrons. The zero-order valence-corrected chi connectivity index (χ0v) is 14.2. The van der Waals surface area contributed by atoms with Gasteiger partial charge in [0, 0.05) is 30.6 Å². The molecule has 1 aliphatic rings. The number of nitrogens with one attached hydrogen (secondary N) is 1. The molecule has 0 radical (unpaired) electrons. The van der Waals surface area contributed by atoms with Crippen LogP contribution in [0.3, 0.4) is 0 Å². The second kappa shape index (κ2) is 7.21. The Bertz CT molecular complexity index is 649. The highest BCUT2D eigenvalue weighted by molar-refractivity contribution is 7.13. The van der Waals surface area contributed by atoms with Gasteiger partial charge in [-0.1, -0.05) is 18.2 Å². The molecular formula is C17H21N3O2S. The van der Waals surface area contributed by atoms with Gasteiger partial charge >= 0.3 is 0 Å². The summed E-state index contributed by atoms with van der Waals surface area (Å²) in [5, 5.41) is 5.51. The Morgan fingerprint density at radius 1 is 1.30 bits per heavy atom. The van der Waals surface area contributed by atoms with E-state index >= 15 is 0 Å². The molecule has 2 heterocycles. The van der Waals surface area contributed by atoms with Crippen LogP contribution >= 0.6 is 11.3 Å². The molecule has 1 aliphatic heterocycles. The van der Waals surface area contributed by atoms with Crippen molar-refractivity contribution in [2.75, 3.05) is 18.4 Å². The van der Waals surface area contributed by atoms with Gasteiger partial charge in [-0.3, -0.25) is 15.0 Å². The normalized spacial score (nSPS) is 22.0. The summed E-state index contributed by atoms with van der Waals surface area (Å²) in [6.07, 6.45) is 0.490. The Morgan fingerprint density at radius 2 is 2.00 bits per heavy atom. The van der Waals surface area contributed by atoms with Crippen molar-refractivity contribution in [3.8, 4) is 0 Å². The minimum Gasteiger partial charge on any atom is -0.373 e. The summed E-state index contributed by atoms with van der Waals surface area (Å²) < 4.78 is 5.74. The maximum absolute atomic E-state index is 12.1. The number of carbonyl (C=O) groups excluding carboxylic acids is 1. The molecular weight excluding hydrogens is 310 g/mol. The van der Waals surface area contributed by atoms with E-state index in [1.54, 1.807) is 12.1 Å². The average Bonchev–Trinajstić information content (AvgIpc) is 2.94. The number of aromatic nitrogens is 1. The number of anilines is 1. The summed E-state index contributed by atoms with van der Waals surface area (Å²) in [5.41, 5.74) is 1.62. The van der Waals surface area contributed by atoms with Gasteiger partial charge in [-0.2, -0.15) is 0 Å². The van der Waals surface area contributed by atoms with Crippen LogP contribution in [0, 0.1) is 0 Å². The Balaban J connectivity index is 1.59. The van der Waals surface area contributed by atoms with Gasteiger partial charge in [0.15, 0.2) is 5.13 Å². The highest BCUT2D eigenvalue weighted by Gasteiger charge is 2.22. The lowest BCUT2D eigenvalue weighted by Crippen LogP contribution is -2.44. The van der Waals surface area contributed by atoms with Gasteiger partial charge in [-0.15, -0.1) is 11.3 Å². The number of hydrogen-bond acceptors (Lipinski definition) is 5. The molecule has 1 aromatic carbocycles. The minimum absolute atomic E-state index is 0.125. The van der Waals surface area contributed by atoms with Gasteiger partial charge in [0.1, 0.15) is 0 Å². The highest BCUT2D eigenvalue weighted by atomic mass is 32.1. The van der Waals surface area contributed by atoms with E-state index in [-0.39, 0.29) is 18.1 Å². The first-order valence-electron chi connectivity index (χ1n) is 7.79. The van der Waals surface area contributed by atoms with Crippen LogP contribution in [0.4, 0.5) is 5.13 Å². The van der Waals surface area contributed by atoms with Gasteiger partial charge in [-0.25, -0.2) is 4.98 Å². The largest absolute Gasteiger partial charge is 0.373 e. The van der Waals surface area contributed by atoms with Crippen molar-refractivity contribution >= 4 is 22.4 Å². The first-order valence-corrected chi connectivity index (χ1v) is 8.67. The molecule has 1 aromatic heterocycles. The molecule has 23 heavy (non-hydrogen) atoms. The number of ether oxygens (including phenoxy) is 1. The van der Waals surface area contributed by atoms with Gasteiger partial charge in [0.2, 0.25) is 0 Å². The number of benzene rings is 1. The molecule has 1 N–H and O–H groups in total. The second-order valence-electron chi connectivity index (χ2n) is 5.92. The van der Waals surface area contributed by atoms with E-state index in [0.29, 0.717) is 10.7 Å². The zero-order chi connectivity index (χ0) is 16.2. The zero-order valence-electron chi connectivity index (χ0n) is 13.4. The van der Waals surface area contributed by atoms with Crippen molar-refractivity contribution < 1.29 is 9.53 Å². The number of thiazole rings is 1. The summed E-state index contributed by atoms with van der Waals surface area (Å²) >= 11 is 1.46. The monoisotopic (exact) mass is 331 g/mol. The Hall–Kier alpha value is -1.76. The number of amides is 1. The minimum atomic E-state index is -0.125. The van der Waals surface area contributed by atoms with Crippen molar-refractivity contribution in [1.82, 2.24) is 9.88 Å². The van der Waals surface area contributed by atoms with Crippen molar-refractivity contribution in [2.24, 2.45) is 0 Å². The molecule has 0 unspecified atom stereocenters. The van der Waals surface area contributed by atoms with Gasteiger partial charge in [-0.05, 0) is 26.0 Å². The van der Waals surface area contributed by atoms with Gasteiger partial charge in [0.25, 0.3) is 5.91 Å². The number of rotatable bonds is 4. The van der Waals surface area contributed by atoms with Gasteiger partial charge in [0.05, 0.1) is 17.9 Å². The third-order valence-corrected chi connectivity index (χ3v) is 4.50. The number of carbonyl (C=O) groups is 1. The molecule has 1 saturated heterocycles. The lowest BCUT2D eigenvalue weighted by molar-refractivity contribution is -0.0707. The van der Waals surface area contributed by atoms with Crippen molar-refractivity contribution in [3.63, 3.8) is 0 Å².